The van der Waals surface area contributed by atoms with Crippen LogP contribution in [0.25, 0.3) is 0 Å². The number of para-hydroxylation sites is 1. The zero-order valence-corrected chi connectivity index (χ0v) is 16.4. The van der Waals surface area contributed by atoms with Gasteiger partial charge in [-0.05, 0) is 25.5 Å². The molecular weight excluding hydrogens is 338 g/mol. The van der Waals surface area contributed by atoms with E-state index < -0.39 is 0 Å². The van der Waals surface area contributed by atoms with E-state index in [1.807, 2.05) is 35.2 Å². The van der Waals surface area contributed by atoms with Crippen LogP contribution in [-0.4, -0.2) is 48.1 Å². The number of nitrogens with one attached hydrogen (secondary N) is 1. The second-order valence-electron chi connectivity index (χ2n) is 7.29. The number of hydrogen-bond donors (Lipinski definition) is 1. The lowest BCUT2D eigenvalue weighted by molar-refractivity contribution is 0.0627. The summed E-state index contributed by atoms with van der Waals surface area (Å²) in [6, 6.07) is 18.7. The Morgan fingerprint density at radius 2 is 1.74 bits per heavy atom. The number of hydrogen-bond acceptors (Lipinski definition) is 3. The third-order valence-electron chi connectivity index (χ3n) is 5.16. The molecule has 0 bridgehead atoms. The topological polar surface area (TPSA) is 44.8 Å². The Bertz CT molecular complexity index is 750. The van der Waals surface area contributed by atoms with E-state index in [-0.39, 0.29) is 12.1 Å². The molecule has 1 aliphatic heterocycles. The van der Waals surface area contributed by atoms with Gasteiger partial charge in [-0.3, -0.25) is 4.90 Å². The quantitative estimate of drug-likeness (QED) is 0.870. The van der Waals surface area contributed by atoms with Crippen LogP contribution in [0.4, 0.5) is 10.5 Å². The van der Waals surface area contributed by atoms with E-state index in [1.54, 1.807) is 7.11 Å². The van der Waals surface area contributed by atoms with E-state index in [2.05, 4.69) is 48.3 Å². The van der Waals surface area contributed by atoms with E-state index in [9.17, 15) is 4.79 Å². The fourth-order valence-electron chi connectivity index (χ4n) is 3.63. The fraction of sp³-hybridized carbons (Fsp3) is 0.409. The number of ether oxygens (including phenoxy) is 1. The molecule has 0 radical (unpaired) electrons. The van der Waals surface area contributed by atoms with E-state index in [4.69, 9.17) is 4.74 Å². The van der Waals surface area contributed by atoms with E-state index >= 15 is 0 Å². The zero-order chi connectivity index (χ0) is 19.2. The van der Waals surface area contributed by atoms with Crippen LogP contribution in [0, 0.1) is 0 Å². The summed E-state index contributed by atoms with van der Waals surface area (Å²) in [7, 11) is 1.66. The van der Waals surface area contributed by atoms with Gasteiger partial charge in [-0.25, -0.2) is 4.79 Å². The first-order valence-electron chi connectivity index (χ1n) is 9.51. The van der Waals surface area contributed by atoms with Gasteiger partial charge in [-0.2, -0.15) is 0 Å². The predicted octanol–water partition coefficient (Wildman–Crippen LogP) is 3.96. The first kappa shape index (κ1) is 19.4. The van der Waals surface area contributed by atoms with Crippen molar-refractivity contribution in [2.45, 2.75) is 39.1 Å². The molecule has 0 aliphatic carbocycles. The molecule has 2 aromatic rings. The first-order chi connectivity index (χ1) is 13.1. The third-order valence-corrected chi connectivity index (χ3v) is 5.16. The van der Waals surface area contributed by atoms with Crippen LogP contribution in [0.1, 0.15) is 25.0 Å². The number of methoxy groups -OCH3 is 1. The number of piperazine rings is 1. The van der Waals surface area contributed by atoms with E-state index in [1.165, 1.54) is 5.56 Å². The van der Waals surface area contributed by atoms with Crippen LogP contribution in [-0.2, 0) is 17.9 Å². The van der Waals surface area contributed by atoms with Gasteiger partial charge in [0.25, 0.3) is 0 Å². The molecule has 2 atom stereocenters. The summed E-state index contributed by atoms with van der Waals surface area (Å²) in [6.45, 7) is 7.28. The van der Waals surface area contributed by atoms with Gasteiger partial charge in [-0.15, -0.1) is 0 Å². The molecule has 2 aromatic carbocycles. The predicted molar refractivity (Wildman–Crippen MR) is 109 cm³/mol. The summed E-state index contributed by atoms with van der Waals surface area (Å²) >= 11 is 0. The van der Waals surface area contributed by atoms with Crippen molar-refractivity contribution in [3.63, 3.8) is 0 Å². The normalized spacial score (nSPS) is 20.5. The molecule has 144 valence electrons. The maximum Gasteiger partial charge on any atom is 0.322 e. The van der Waals surface area contributed by atoms with Gasteiger partial charge in [0.1, 0.15) is 0 Å². The number of nitrogens with zero attached hydrogens (tertiary/aromatic N) is 2. The van der Waals surface area contributed by atoms with Crippen molar-refractivity contribution in [2.75, 3.05) is 25.5 Å². The average molecular weight is 367 g/mol. The highest BCUT2D eigenvalue weighted by molar-refractivity contribution is 5.90. The Balaban J connectivity index is 1.64. The molecule has 1 heterocycles. The molecule has 3 rings (SSSR count). The minimum absolute atomic E-state index is 0.0442. The molecule has 0 spiro atoms. The summed E-state index contributed by atoms with van der Waals surface area (Å²) in [6.07, 6.45) is 0. The molecule has 0 unspecified atom stereocenters. The highest BCUT2D eigenvalue weighted by Gasteiger charge is 2.32. The van der Waals surface area contributed by atoms with Gasteiger partial charge >= 0.3 is 6.03 Å². The van der Waals surface area contributed by atoms with Crippen LogP contribution >= 0.6 is 0 Å². The van der Waals surface area contributed by atoms with E-state index in [0.29, 0.717) is 19.2 Å². The van der Waals surface area contributed by atoms with Crippen molar-refractivity contribution >= 4 is 11.7 Å². The standard InChI is InChI=1S/C22H29N3O2/c1-17-14-25(18(2)13-24(17)15-19-9-5-4-6-10-19)22(26)23-21-12-8-7-11-20(21)16-27-3/h4-12,17-18H,13-16H2,1-3H3,(H,23,26)/t17-,18-/m1/s1. The number of carbonyl (C=O) groups excluding carboxylic acids is 1. The number of amides is 2. The molecule has 1 fully saturated rings. The maximum absolute atomic E-state index is 12.9. The summed E-state index contributed by atoms with van der Waals surface area (Å²) in [4.78, 5) is 17.3. The Labute approximate surface area is 161 Å². The minimum Gasteiger partial charge on any atom is -0.380 e. The lowest BCUT2D eigenvalue weighted by Crippen LogP contribution is -2.58. The second-order valence-corrected chi connectivity index (χ2v) is 7.29. The lowest BCUT2D eigenvalue weighted by Gasteiger charge is -2.44. The van der Waals surface area contributed by atoms with Crippen molar-refractivity contribution in [3.8, 4) is 0 Å². The van der Waals surface area contributed by atoms with Gasteiger partial charge in [0, 0.05) is 50.1 Å². The average Bonchev–Trinajstić information content (AvgIpc) is 2.67. The van der Waals surface area contributed by atoms with Crippen molar-refractivity contribution in [1.29, 1.82) is 0 Å². The summed E-state index contributed by atoms with van der Waals surface area (Å²) in [5, 5.41) is 3.07. The number of anilines is 1. The number of benzene rings is 2. The van der Waals surface area contributed by atoms with Crippen LogP contribution in [0.3, 0.4) is 0 Å². The Morgan fingerprint density at radius 3 is 2.48 bits per heavy atom. The summed E-state index contributed by atoms with van der Waals surface area (Å²) < 4.78 is 5.23. The SMILES string of the molecule is COCc1ccccc1NC(=O)N1C[C@@H](C)N(Cc2ccccc2)C[C@H]1C. The van der Waals surface area contributed by atoms with Crippen molar-refractivity contribution in [1.82, 2.24) is 9.80 Å². The largest absolute Gasteiger partial charge is 0.380 e. The maximum atomic E-state index is 12.9. The van der Waals surface area contributed by atoms with Crippen molar-refractivity contribution in [3.05, 3.63) is 65.7 Å². The zero-order valence-electron chi connectivity index (χ0n) is 16.4. The minimum atomic E-state index is -0.0442. The third kappa shape index (κ3) is 4.87. The number of urea groups is 1. The van der Waals surface area contributed by atoms with Gasteiger partial charge in [-0.1, -0.05) is 48.5 Å². The molecule has 1 N–H and O–H groups in total. The molecular formula is C22H29N3O2. The monoisotopic (exact) mass is 367 g/mol. The van der Waals surface area contributed by atoms with Gasteiger partial charge in [0.05, 0.1) is 6.61 Å². The van der Waals surface area contributed by atoms with Crippen LogP contribution in [0.2, 0.25) is 0 Å². The molecule has 27 heavy (non-hydrogen) atoms. The van der Waals surface area contributed by atoms with Gasteiger partial charge in [0.15, 0.2) is 0 Å². The number of carbonyl (C=O) groups is 1. The first-order valence-corrected chi connectivity index (χ1v) is 9.51. The second kappa shape index (κ2) is 9.02. The molecule has 5 heteroatoms. The number of rotatable bonds is 5. The van der Waals surface area contributed by atoms with Crippen LogP contribution < -0.4 is 5.32 Å². The molecule has 1 saturated heterocycles. The van der Waals surface area contributed by atoms with Gasteiger partial charge in [0.2, 0.25) is 0 Å². The molecule has 5 nitrogen and oxygen atoms in total. The Hall–Kier alpha value is -2.37. The fourth-order valence-corrected chi connectivity index (χ4v) is 3.63. The van der Waals surface area contributed by atoms with E-state index in [0.717, 1.165) is 24.3 Å². The summed E-state index contributed by atoms with van der Waals surface area (Å²) in [5.41, 5.74) is 3.11. The van der Waals surface area contributed by atoms with Crippen molar-refractivity contribution < 1.29 is 9.53 Å². The smallest absolute Gasteiger partial charge is 0.322 e. The Kier molecular flexibility index (Phi) is 6.48. The Morgan fingerprint density at radius 1 is 1.04 bits per heavy atom. The molecule has 1 aliphatic rings. The highest BCUT2D eigenvalue weighted by atomic mass is 16.5. The highest BCUT2D eigenvalue weighted by Crippen LogP contribution is 2.21. The van der Waals surface area contributed by atoms with Crippen molar-refractivity contribution in [2.24, 2.45) is 0 Å². The molecule has 0 saturated carbocycles. The van der Waals surface area contributed by atoms with Gasteiger partial charge < -0.3 is 15.0 Å². The van der Waals surface area contributed by atoms with Crippen LogP contribution in [0.5, 0.6) is 0 Å². The molecule has 0 aromatic heterocycles. The lowest BCUT2D eigenvalue weighted by atomic mass is 10.1. The summed E-state index contributed by atoms with van der Waals surface area (Å²) in [5.74, 6) is 0. The molecule has 2 amide bonds. The van der Waals surface area contributed by atoms with Crippen LogP contribution in [0.15, 0.2) is 54.6 Å².